The summed E-state index contributed by atoms with van der Waals surface area (Å²) >= 11 is 0. The van der Waals surface area contributed by atoms with Crippen LogP contribution in [-0.2, 0) is 21.2 Å². The highest BCUT2D eigenvalue weighted by molar-refractivity contribution is 7.89. The summed E-state index contributed by atoms with van der Waals surface area (Å²) in [4.78, 5) is 12.2. The Kier molecular flexibility index (Phi) is 7.17. The Balaban J connectivity index is 1.88. The Hall–Kier alpha value is -2.38. The van der Waals surface area contributed by atoms with Crippen molar-refractivity contribution in [3.63, 3.8) is 0 Å². The van der Waals surface area contributed by atoms with Gasteiger partial charge in [-0.1, -0.05) is 30.3 Å². The number of amides is 1. The van der Waals surface area contributed by atoms with Gasteiger partial charge in [-0.15, -0.1) is 0 Å². The summed E-state index contributed by atoms with van der Waals surface area (Å²) in [6.45, 7) is 4.32. The van der Waals surface area contributed by atoms with Gasteiger partial charge in [-0.05, 0) is 50.1 Å². The lowest BCUT2D eigenvalue weighted by Gasteiger charge is -2.15. The van der Waals surface area contributed by atoms with Crippen molar-refractivity contribution >= 4 is 15.9 Å². The first kappa shape index (κ1) is 19.9. The maximum absolute atomic E-state index is 12.4. The molecule has 140 valence electrons. The summed E-state index contributed by atoms with van der Waals surface area (Å²) in [7, 11) is -3.78. The highest BCUT2D eigenvalue weighted by atomic mass is 32.2. The van der Waals surface area contributed by atoms with E-state index in [-0.39, 0.29) is 10.8 Å². The Morgan fingerprint density at radius 1 is 1.08 bits per heavy atom. The zero-order valence-electron chi connectivity index (χ0n) is 14.9. The van der Waals surface area contributed by atoms with Crippen LogP contribution in [0.4, 0.5) is 0 Å². The van der Waals surface area contributed by atoms with Crippen molar-refractivity contribution in [1.29, 1.82) is 0 Å². The Bertz CT molecular complexity index is 805. The first-order valence-corrected chi connectivity index (χ1v) is 9.97. The van der Waals surface area contributed by atoms with Crippen LogP contribution in [0.3, 0.4) is 0 Å². The van der Waals surface area contributed by atoms with Crippen molar-refractivity contribution in [3.8, 4) is 5.75 Å². The summed E-state index contributed by atoms with van der Waals surface area (Å²) in [6, 6.07) is 15.0. The number of benzene rings is 2. The van der Waals surface area contributed by atoms with E-state index in [0.29, 0.717) is 25.3 Å². The maximum Gasteiger partial charge on any atom is 0.241 e. The van der Waals surface area contributed by atoms with Crippen molar-refractivity contribution < 1.29 is 17.9 Å². The second kappa shape index (κ2) is 9.35. The van der Waals surface area contributed by atoms with Gasteiger partial charge < -0.3 is 10.1 Å². The molecule has 7 heteroatoms. The van der Waals surface area contributed by atoms with Crippen LogP contribution >= 0.6 is 0 Å². The third-order valence-electron chi connectivity index (χ3n) is 3.73. The summed E-state index contributed by atoms with van der Waals surface area (Å²) in [5, 5.41) is 2.74. The number of hydrogen-bond acceptors (Lipinski definition) is 4. The minimum Gasteiger partial charge on any atom is -0.494 e. The van der Waals surface area contributed by atoms with Crippen molar-refractivity contribution in [2.24, 2.45) is 0 Å². The van der Waals surface area contributed by atoms with Crippen LogP contribution in [0, 0.1) is 0 Å². The molecule has 0 aliphatic carbocycles. The van der Waals surface area contributed by atoms with Gasteiger partial charge in [-0.3, -0.25) is 4.79 Å². The Labute approximate surface area is 154 Å². The molecule has 0 saturated heterocycles. The van der Waals surface area contributed by atoms with E-state index < -0.39 is 16.1 Å². The topological polar surface area (TPSA) is 84.5 Å². The number of ether oxygens (including phenoxy) is 1. The largest absolute Gasteiger partial charge is 0.494 e. The third kappa shape index (κ3) is 5.86. The number of carbonyl (C=O) groups is 1. The lowest BCUT2D eigenvalue weighted by atomic mass is 10.1. The lowest BCUT2D eigenvalue weighted by Crippen LogP contribution is -2.45. The van der Waals surface area contributed by atoms with E-state index in [1.165, 1.54) is 19.1 Å². The number of carbonyl (C=O) groups excluding carboxylic acids is 1. The van der Waals surface area contributed by atoms with Gasteiger partial charge in [0.25, 0.3) is 0 Å². The van der Waals surface area contributed by atoms with E-state index in [4.69, 9.17) is 4.74 Å². The molecule has 26 heavy (non-hydrogen) atoms. The molecule has 2 aromatic rings. The van der Waals surface area contributed by atoms with E-state index >= 15 is 0 Å². The van der Waals surface area contributed by atoms with Gasteiger partial charge in [0, 0.05) is 6.54 Å². The molecule has 2 aromatic carbocycles. The molecule has 0 unspecified atom stereocenters. The van der Waals surface area contributed by atoms with Crippen molar-refractivity contribution in [1.82, 2.24) is 10.0 Å². The monoisotopic (exact) mass is 376 g/mol. The average Bonchev–Trinajstić information content (AvgIpc) is 2.63. The quantitative estimate of drug-likeness (QED) is 0.702. The standard InChI is InChI=1S/C19H24N2O4S/c1-3-25-17-9-11-18(12-10-17)26(23,24)21-15(2)19(22)20-14-13-16-7-5-4-6-8-16/h4-12,15,21H,3,13-14H2,1-2H3,(H,20,22)/t15-/m0/s1. The zero-order valence-corrected chi connectivity index (χ0v) is 15.8. The molecular weight excluding hydrogens is 352 g/mol. The summed E-state index contributed by atoms with van der Waals surface area (Å²) < 4.78 is 32.4. The molecule has 0 spiro atoms. The average molecular weight is 376 g/mol. The first-order valence-electron chi connectivity index (χ1n) is 8.49. The molecule has 0 bridgehead atoms. The molecule has 0 heterocycles. The smallest absolute Gasteiger partial charge is 0.241 e. The van der Waals surface area contributed by atoms with Gasteiger partial charge in [0.15, 0.2) is 0 Å². The fraction of sp³-hybridized carbons (Fsp3) is 0.316. The lowest BCUT2D eigenvalue weighted by molar-refractivity contribution is -0.122. The van der Waals surface area contributed by atoms with Gasteiger partial charge in [-0.25, -0.2) is 8.42 Å². The van der Waals surface area contributed by atoms with Crippen LogP contribution in [0.15, 0.2) is 59.5 Å². The Morgan fingerprint density at radius 3 is 2.35 bits per heavy atom. The van der Waals surface area contributed by atoms with Crippen LogP contribution in [-0.4, -0.2) is 33.5 Å². The highest BCUT2D eigenvalue weighted by Crippen LogP contribution is 2.16. The second-order valence-corrected chi connectivity index (χ2v) is 7.49. The van der Waals surface area contributed by atoms with Crippen LogP contribution < -0.4 is 14.8 Å². The van der Waals surface area contributed by atoms with Gasteiger partial charge >= 0.3 is 0 Å². The van der Waals surface area contributed by atoms with Crippen molar-refractivity contribution in [2.45, 2.75) is 31.2 Å². The number of rotatable bonds is 9. The molecule has 1 amide bonds. The van der Waals surface area contributed by atoms with E-state index in [9.17, 15) is 13.2 Å². The zero-order chi connectivity index (χ0) is 19.0. The molecule has 2 rings (SSSR count). The summed E-state index contributed by atoms with van der Waals surface area (Å²) in [5.41, 5.74) is 1.11. The molecule has 0 aromatic heterocycles. The third-order valence-corrected chi connectivity index (χ3v) is 5.28. The van der Waals surface area contributed by atoms with Gasteiger partial charge in [-0.2, -0.15) is 4.72 Å². The minimum absolute atomic E-state index is 0.0879. The minimum atomic E-state index is -3.78. The van der Waals surface area contributed by atoms with Crippen LogP contribution in [0.2, 0.25) is 0 Å². The second-order valence-electron chi connectivity index (χ2n) is 5.77. The molecule has 1 atom stereocenters. The van der Waals surface area contributed by atoms with E-state index in [1.807, 2.05) is 37.3 Å². The van der Waals surface area contributed by atoms with E-state index in [1.54, 1.807) is 12.1 Å². The number of nitrogens with one attached hydrogen (secondary N) is 2. The number of sulfonamides is 1. The molecule has 0 radical (unpaired) electrons. The molecule has 0 fully saturated rings. The Morgan fingerprint density at radius 2 is 1.73 bits per heavy atom. The van der Waals surface area contributed by atoms with E-state index in [0.717, 1.165) is 5.56 Å². The van der Waals surface area contributed by atoms with Crippen molar-refractivity contribution in [2.75, 3.05) is 13.2 Å². The summed E-state index contributed by atoms with van der Waals surface area (Å²) in [5.74, 6) is 0.230. The molecular formula is C19H24N2O4S. The molecule has 0 aliphatic rings. The summed E-state index contributed by atoms with van der Waals surface area (Å²) in [6.07, 6.45) is 0.685. The first-order chi connectivity index (χ1) is 12.4. The molecule has 0 aliphatic heterocycles. The fourth-order valence-corrected chi connectivity index (χ4v) is 3.57. The van der Waals surface area contributed by atoms with Gasteiger partial charge in [0.1, 0.15) is 5.75 Å². The number of hydrogen-bond donors (Lipinski definition) is 2. The molecule has 0 saturated carbocycles. The van der Waals surface area contributed by atoms with Crippen LogP contribution in [0.1, 0.15) is 19.4 Å². The fourth-order valence-electron chi connectivity index (χ4n) is 2.36. The van der Waals surface area contributed by atoms with Gasteiger partial charge in [0.2, 0.25) is 15.9 Å². The molecule has 2 N–H and O–H groups in total. The normalized spacial score (nSPS) is 12.4. The SMILES string of the molecule is CCOc1ccc(S(=O)(=O)N[C@@H](C)C(=O)NCCc2ccccc2)cc1. The predicted octanol–water partition coefficient (Wildman–Crippen LogP) is 2.11. The van der Waals surface area contributed by atoms with Crippen LogP contribution in [0.25, 0.3) is 0 Å². The van der Waals surface area contributed by atoms with Crippen LogP contribution in [0.5, 0.6) is 5.75 Å². The van der Waals surface area contributed by atoms with Crippen molar-refractivity contribution in [3.05, 3.63) is 60.2 Å². The predicted molar refractivity (Wildman–Crippen MR) is 101 cm³/mol. The molecule has 6 nitrogen and oxygen atoms in total. The highest BCUT2D eigenvalue weighted by Gasteiger charge is 2.21. The maximum atomic E-state index is 12.4. The van der Waals surface area contributed by atoms with Gasteiger partial charge in [0.05, 0.1) is 17.5 Å². The van der Waals surface area contributed by atoms with E-state index in [2.05, 4.69) is 10.0 Å².